The third-order valence-corrected chi connectivity index (χ3v) is 8.33. The first-order valence-electron chi connectivity index (χ1n) is 11.5. The summed E-state index contributed by atoms with van der Waals surface area (Å²) < 4.78 is 6.11. The highest BCUT2D eigenvalue weighted by atomic mass is 16.6. The number of hydrogen-bond acceptors (Lipinski definition) is 3. The lowest BCUT2D eigenvalue weighted by Crippen LogP contribution is -2.53. The zero-order valence-electron chi connectivity index (χ0n) is 17.0. The Labute approximate surface area is 172 Å². The van der Waals surface area contributed by atoms with Crippen molar-refractivity contribution in [2.75, 3.05) is 18.0 Å². The van der Waals surface area contributed by atoms with Gasteiger partial charge in [-0.05, 0) is 80.2 Å². The molecule has 154 valence electrons. The van der Waals surface area contributed by atoms with E-state index in [0.29, 0.717) is 31.3 Å². The molecule has 5 fully saturated rings. The van der Waals surface area contributed by atoms with E-state index in [1.807, 2.05) is 34.1 Å². The van der Waals surface area contributed by atoms with Gasteiger partial charge in [0.1, 0.15) is 6.10 Å². The summed E-state index contributed by atoms with van der Waals surface area (Å²) in [5.74, 6) is 3.19. The van der Waals surface area contributed by atoms with Crippen LogP contribution in [0.5, 0.6) is 0 Å². The molecule has 6 aliphatic rings. The molecule has 4 bridgehead atoms. The molecule has 4 saturated carbocycles. The van der Waals surface area contributed by atoms with Crippen LogP contribution in [0.15, 0.2) is 24.3 Å². The number of carbonyl (C=O) groups excluding carboxylic acids is 2. The van der Waals surface area contributed by atoms with Crippen molar-refractivity contribution in [1.29, 1.82) is 0 Å². The summed E-state index contributed by atoms with van der Waals surface area (Å²) in [6, 6.07) is 8.29. The normalized spacial score (nSPS) is 35.9. The number of hydrogen-bond donors (Lipinski definition) is 0. The summed E-state index contributed by atoms with van der Waals surface area (Å²) >= 11 is 0. The minimum Gasteiger partial charge on any atom is -0.446 e. The van der Waals surface area contributed by atoms with Gasteiger partial charge in [0, 0.05) is 24.8 Å². The molecular weight excluding hydrogens is 364 g/mol. The maximum atomic E-state index is 12.9. The largest absolute Gasteiger partial charge is 0.446 e. The Hall–Kier alpha value is -2.04. The smallest absolute Gasteiger partial charge is 0.410 e. The van der Waals surface area contributed by atoms with Crippen molar-refractivity contribution in [2.24, 2.45) is 23.7 Å². The van der Waals surface area contributed by atoms with Gasteiger partial charge in [0.2, 0.25) is 5.91 Å². The molecule has 1 aromatic rings. The van der Waals surface area contributed by atoms with Crippen molar-refractivity contribution in [1.82, 2.24) is 4.90 Å². The van der Waals surface area contributed by atoms with E-state index in [4.69, 9.17) is 4.74 Å². The number of fused-ring (bicyclic) bond motifs is 1. The number of rotatable bonds is 2. The number of nitrogens with zero attached hydrogens (tertiary/aromatic N) is 2. The van der Waals surface area contributed by atoms with Gasteiger partial charge in [-0.2, -0.15) is 0 Å². The van der Waals surface area contributed by atoms with E-state index < -0.39 is 0 Å². The molecule has 0 aromatic heterocycles. The summed E-state index contributed by atoms with van der Waals surface area (Å²) in [5, 5.41) is 0. The molecule has 2 heterocycles. The number of amides is 2. The second-order valence-electron chi connectivity index (χ2n) is 10.1. The van der Waals surface area contributed by atoms with E-state index in [1.54, 1.807) is 0 Å². The molecule has 4 aliphatic carbocycles. The first kappa shape index (κ1) is 17.8. The molecule has 0 spiro atoms. The van der Waals surface area contributed by atoms with Gasteiger partial charge in [-0.25, -0.2) is 4.79 Å². The quantitative estimate of drug-likeness (QED) is 0.762. The van der Waals surface area contributed by atoms with Crippen LogP contribution >= 0.6 is 0 Å². The number of carbonyl (C=O) groups is 2. The summed E-state index contributed by atoms with van der Waals surface area (Å²) in [6.07, 6.45) is 8.69. The molecule has 0 radical (unpaired) electrons. The Bertz CT molecular complexity index is 801. The first-order valence-corrected chi connectivity index (χ1v) is 11.5. The molecular formula is C24H30N2O3. The maximum absolute atomic E-state index is 12.9. The van der Waals surface area contributed by atoms with E-state index in [-0.39, 0.29) is 24.1 Å². The topological polar surface area (TPSA) is 49.9 Å². The lowest BCUT2D eigenvalue weighted by Gasteiger charge is -2.53. The van der Waals surface area contributed by atoms with E-state index in [1.165, 1.54) is 32.1 Å². The van der Waals surface area contributed by atoms with Crippen molar-refractivity contribution >= 4 is 17.7 Å². The lowest BCUT2D eigenvalue weighted by molar-refractivity contribution is -0.118. The Kier molecular flexibility index (Phi) is 4.14. The third kappa shape index (κ3) is 2.96. The highest BCUT2D eigenvalue weighted by molar-refractivity contribution is 6.01. The molecule has 29 heavy (non-hydrogen) atoms. The Morgan fingerprint density at radius 2 is 1.59 bits per heavy atom. The average molecular weight is 395 g/mol. The monoisotopic (exact) mass is 394 g/mol. The fourth-order valence-corrected chi connectivity index (χ4v) is 7.24. The van der Waals surface area contributed by atoms with Crippen LogP contribution in [0.4, 0.5) is 10.5 Å². The van der Waals surface area contributed by atoms with Gasteiger partial charge < -0.3 is 14.5 Å². The van der Waals surface area contributed by atoms with Crippen LogP contribution in [0.1, 0.15) is 50.5 Å². The summed E-state index contributed by atoms with van der Waals surface area (Å²) in [7, 11) is 0. The average Bonchev–Trinajstić information content (AvgIpc) is 3.06. The van der Waals surface area contributed by atoms with Crippen LogP contribution < -0.4 is 4.90 Å². The molecule has 1 aromatic carbocycles. The van der Waals surface area contributed by atoms with E-state index in [0.717, 1.165) is 35.9 Å². The fraction of sp³-hybridized carbons (Fsp3) is 0.667. The van der Waals surface area contributed by atoms with Crippen LogP contribution in [-0.2, 0) is 16.0 Å². The molecule has 0 N–H and O–H groups in total. The van der Waals surface area contributed by atoms with Gasteiger partial charge in [0.25, 0.3) is 0 Å². The van der Waals surface area contributed by atoms with Crippen LogP contribution in [0.2, 0.25) is 0 Å². The van der Waals surface area contributed by atoms with Gasteiger partial charge in [-0.15, -0.1) is 0 Å². The van der Waals surface area contributed by atoms with Crippen LogP contribution in [0.3, 0.4) is 0 Å². The number of benzene rings is 1. The van der Waals surface area contributed by atoms with Gasteiger partial charge in [0.15, 0.2) is 0 Å². The van der Waals surface area contributed by atoms with Gasteiger partial charge in [0.05, 0.1) is 6.42 Å². The molecule has 5 heteroatoms. The standard InChI is InChI=1S/C24H30N2O3/c27-22-14-17-3-1-2-4-21(17)26(22)20-5-7-25(8-6-20)24(28)29-23-18-10-15-9-16(12-18)13-19(23)11-15/h1-4,15-16,18-20,23H,5-14H2. The SMILES string of the molecule is O=C(OC1C2CC3CC(C2)CC1C3)N1CCC(N2C(=O)Cc3ccccc32)CC1. The zero-order valence-corrected chi connectivity index (χ0v) is 17.0. The summed E-state index contributed by atoms with van der Waals surface area (Å²) in [4.78, 5) is 29.3. The third-order valence-electron chi connectivity index (χ3n) is 8.33. The highest BCUT2D eigenvalue weighted by Gasteiger charge is 2.50. The highest BCUT2D eigenvalue weighted by Crippen LogP contribution is 2.54. The Balaban J connectivity index is 1.08. The first-order chi connectivity index (χ1) is 14.2. The predicted octanol–water partition coefficient (Wildman–Crippen LogP) is 4.00. The van der Waals surface area contributed by atoms with Gasteiger partial charge in [-0.3, -0.25) is 4.79 Å². The minimum atomic E-state index is -0.117. The predicted molar refractivity (Wildman–Crippen MR) is 110 cm³/mol. The molecule has 0 unspecified atom stereocenters. The van der Waals surface area contributed by atoms with Gasteiger partial charge >= 0.3 is 6.09 Å². The summed E-state index contributed by atoms with van der Waals surface area (Å²) in [6.45, 7) is 1.37. The van der Waals surface area contributed by atoms with Crippen molar-refractivity contribution < 1.29 is 14.3 Å². The fourth-order valence-electron chi connectivity index (χ4n) is 7.24. The number of likely N-dealkylation sites (tertiary alicyclic amines) is 1. The van der Waals surface area contributed by atoms with E-state index in [9.17, 15) is 9.59 Å². The second kappa shape index (κ2) is 6.75. The number of anilines is 1. The molecule has 7 rings (SSSR count). The van der Waals surface area contributed by atoms with Crippen molar-refractivity contribution in [2.45, 2.75) is 63.5 Å². The lowest BCUT2D eigenvalue weighted by atomic mass is 9.55. The molecule has 2 aliphatic heterocycles. The van der Waals surface area contributed by atoms with Gasteiger partial charge in [-0.1, -0.05) is 18.2 Å². The van der Waals surface area contributed by atoms with Crippen molar-refractivity contribution in [3.8, 4) is 0 Å². The van der Waals surface area contributed by atoms with Crippen LogP contribution in [-0.4, -0.2) is 42.1 Å². The van der Waals surface area contributed by atoms with E-state index >= 15 is 0 Å². The second-order valence-corrected chi connectivity index (χ2v) is 10.1. The van der Waals surface area contributed by atoms with E-state index in [2.05, 4.69) is 0 Å². The number of piperidine rings is 1. The van der Waals surface area contributed by atoms with Crippen molar-refractivity contribution in [3.63, 3.8) is 0 Å². The minimum absolute atomic E-state index is 0.117. The number of ether oxygens (including phenoxy) is 1. The van der Waals surface area contributed by atoms with Crippen molar-refractivity contribution in [3.05, 3.63) is 29.8 Å². The zero-order chi connectivity index (χ0) is 19.5. The number of para-hydroxylation sites is 1. The van der Waals surface area contributed by atoms with Crippen LogP contribution in [0.25, 0.3) is 0 Å². The Morgan fingerprint density at radius 3 is 2.28 bits per heavy atom. The molecule has 1 saturated heterocycles. The molecule has 5 nitrogen and oxygen atoms in total. The Morgan fingerprint density at radius 1 is 0.931 bits per heavy atom. The summed E-state index contributed by atoms with van der Waals surface area (Å²) in [5.41, 5.74) is 2.19. The molecule has 0 atom stereocenters. The maximum Gasteiger partial charge on any atom is 0.410 e. The molecule has 2 amide bonds. The van der Waals surface area contributed by atoms with Crippen LogP contribution in [0, 0.1) is 23.7 Å².